The Morgan fingerprint density at radius 2 is 1.88 bits per heavy atom. The maximum Gasteiger partial charge on any atom is 0.410 e. The van der Waals surface area contributed by atoms with Crippen molar-refractivity contribution in [3.8, 4) is 0 Å². The average molecular weight is 575 g/mol. The number of aromatic nitrogens is 2. The van der Waals surface area contributed by atoms with Crippen molar-refractivity contribution in [1.29, 1.82) is 0 Å². The molecule has 13 nitrogen and oxygen atoms in total. The van der Waals surface area contributed by atoms with Crippen molar-refractivity contribution in [3.63, 3.8) is 0 Å². The zero-order valence-electron chi connectivity index (χ0n) is 23.2. The van der Waals surface area contributed by atoms with Crippen molar-refractivity contribution in [2.24, 2.45) is 0 Å². The summed E-state index contributed by atoms with van der Waals surface area (Å²) in [7, 11) is -2.17. The number of piperidine rings is 1. The van der Waals surface area contributed by atoms with Gasteiger partial charge in [-0.05, 0) is 32.8 Å². The molecule has 2 aliphatic rings. The fraction of sp³-hybridized carbons (Fsp3) is 0.500. The number of amides is 4. The van der Waals surface area contributed by atoms with E-state index in [0.29, 0.717) is 12.0 Å². The van der Waals surface area contributed by atoms with Gasteiger partial charge in [-0.15, -0.1) is 0 Å². The van der Waals surface area contributed by atoms with E-state index in [0.717, 1.165) is 11.8 Å². The van der Waals surface area contributed by atoms with Crippen LogP contribution >= 0.6 is 0 Å². The molecule has 2 atom stereocenters. The number of urea groups is 1. The van der Waals surface area contributed by atoms with E-state index >= 15 is 0 Å². The highest BCUT2D eigenvalue weighted by atomic mass is 32.2. The maximum absolute atomic E-state index is 13.5. The topological polar surface area (TPSA) is 151 Å². The van der Waals surface area contributed by atoms with E-state index in [1.165, 1.54) is 23.0 Å². The number of hydrogen-bond acceptors (Lipinski definition) is 9. The smallest absolute Gasteiger partial charge is 0.410 e. The summed E-state index contributed by atoms with van der Waals surface area (Å²) in [6.45, 7) is 5.79. The van der Waals surface area contributed by atoms with Crippen molar-refractivity contribution < 1.29 is 32.3 Å². The monoisotopic (exact) mass is 574 g/mol. The van der Waals surface area contributed by atoms with Crippen LogP contribution in [0.3, 0.4) is 0 Å². The first kappa shape index (κ1) is 29.1. The van der Waals surface area contributed by atoms with Gasteiger partial charge < -0.3 is 24.6 Å². The maximum atomic E-state index is 13.5. The Kier molecular flexibility index (Phi) is 8.19. The number of anilines is 1. The fourth-order valence-corrected chi connectivity index (χ4v) is 5.14. The second kappa shape index (κ2) is 11.3. The molecule has 216 valence electrons. The van der Waals surface area contributed by atoms with Crippen LogP contribution in [0.4, 0.5) is 20.2 Å². The van der Waals surface area contributed by atoms with Crippen molar-refractivity contribution in [3.05, 3.63) is 47.7 Å². The van der Waals surface area contributed by atoms with E-state index < -0.39 is 45.7 Å². The molecule has 0 saturated carbocycles. The molecule has 0 bridgehead atoms. The number of benzene rings is 1. The highest BCUT2D eigenvalue weighted by molar-refractivity contribution is 7.90. The van der Waals surface area contributed by atoms with Gasteiger partial charge in [-0.3, -0.25) is 4.90 Å². The summed E-state index contributed by atoms with van der Waals surface area (Å²) in [6.07, 6.45) is 1.52. The summed E-state index contributed by atoms with van der Waals surface area (Å²) < 4.78 is 34.8. The molecule has 14 heteroatoms. The summed E-state index contributed by atoms with van der Waals surface area (Å²) >= 11 is 0. The Morgan fingerprint density at radius 1 is 1.18 bits per heavy atom. The lowest BCUT2D eigenvalue weighted by Crippen LogP contribution is -2.64. The second-order valence-corrected chi connectivity index (χ2v) is 12.7. The normalized spacial score (nSPS) is 19.6. The Hall–Kier alpha value is -3.94. The molecule has 0 radical (unpaired) electrons. The summed E-state index contributed by atoms with van der Waals surface area (Å²) in [5.74, 6) is 0.204. The van der Waals surface area contributed by atoms with Crippen LogP contribution in [0.25, 0.3) is 0 Å². The van der Waals surface area contributed by atoms with Crippen LogP contribution in [0.1, 0.15) is 38.3 Å². The molecule has 1 aromatic heterocycles. The Balaban J connectivity index is 1.54. The van der Waals surface area contributed by atoms with Crippen molar-refractivity contribution >= 4 is 33.9 Å². The molecule has 3 heterocycles. The minimum absolute atomic E-state index is 0.0847. The molecule has 4 rings (SSSR count). The van der Waals surface area contributed by atoms with Crippen LogP contribution in [0.5, 0.6) is 0 Å². The van der Waals surface area contributed by atoms with Crippen LogP contribution in [0, 0.1) is 0 Å². The minimum atomic E-state index is -3.67. The number of likely N-dealkylation sites (tertiary alicyclic amines) is 1. The minimum Gasteiger partial charge on any atom is -0.445 e. The third-order valence-corrected chi connectivity index (χ3v) is 7.34. The van der Waals surface area contributed by atoms with Crippen LogP contribution in [0.15, 0.2) is 41.7 Å². The average Bonchev–Trinajstić information content (AvgIpc) is 2.88. The highest BCUT2D eigenvalue weighted by Gasteiger charge is 2.42. The molecule has 40 heavy (non-hydrogen) atoms. The Labute approximate surface area is 233 Å². The number of ether oxygens (including phenoxy) is 2. The lowest BCUT2D eigenvalue weighted by molar-refractivity contribution is 0.0331. The van der Waals surface area contributed by atoms with Crippen LogP contribution in [-0.2, 0) is 32.5 Å². The molecule has 1 fully saturated rings. The van der Waals surface area contributed by atoms with Gasteiger partial charge in [0.2, 0.25) is 15.0 Å². The van der Waals surface area contributed by atoms with Gasteiger partial charge in [0, 0.05) is 38.2 Å². The number of hydrogen-bond donors (Lipinski definition) is 1. The third-order valence-electron chi connectivity index (χ3n) is 6.48. The summed E-state index contributed by atoms with van der Waals surface area (Å²) in [5, 5.41) is 2.47. The van der Waals surface area contributed by atoms with Gasteiger partial charge in [0.1, 0.15) is 18.0 Å². The first-order valence-corrected chi connectivity index (χ1v) is 14.7. The summed E-state index contributed by atoms with van der Waals surface area (Å²) in [6, 6.07) is 7.67. The first-order chi connectivity index (χ1) is 18.7. The number of carbonyl (C=O) groups excluding carboxylic acids is 3. The lowest BCUT2D eigenvalue weighted by atomic mass is 9.96. The lowest BCUT2D eigenvalue weighted by Gasteiger charge is -2.46. The molecule has 2 aromatic rings. The predicted molar refractivity (Wildman–Crippen MR) is 144 cm³/mol. The van der Waals surface area contributed by atoms with E-state index in [9.17, 15) is 22.8 Å². The number of alkyl carbamates (subject to hydrolysis) is 1. The Bertz CT molecular complexity index is 1380. The summed E-state index contributed by atoms with van der Waals surface area (Å²) in [4.78, 5) is 51.5. The third kappa shape index (κ3) is 6.79. The number of nitrogens with one attached hydrogen (secondary N) is 1. The van der Waals surface area contributed by atoms with E-state index in [2.05, 4.69) is 15.3 Å². The largest absolute Gasteiger partial charge is 0.445 e. The Morgan fingerprint density at radius 3 is 2.52 bits per heavy atom. The first-order valence-electron chi connectivity index (χ1n) is 12.8. The highest BCUT2D eigenvalue weighted by Crippen LogP contribution is 2.30. The molecule has 1 saturated heterocycles. The van der Waals surface area contributed by atoms with Crippen molar-refractivity contribution in [2.75, 3.05) is 31.3 Å². The summed E-state index contributed by atoms with van der Waals surface area (Å²) in [5.41, 5.74) is 0.642. The molecule has 1 aromatic carbocycles. The molecular formula is C26H34N6O7S. The van der Waals surface area contributed by atoms with Crippen LogP contribution < -0.4 is 10.2 Å². The van der Waals surface area contributed by atoms with E-state index in [4.69, 9.17) is 9.47 Å². The van der Waals surface area contributed by atoms with Crippen LogP contribution in [-0.4, -0.2) is 90.5 Å². The van der Waals surface area contributed by atoms with Gasteiger partial charge in [0.25, 0.3) is 0 Å². The van der Waals surface area contributed by atoms with Gasteiger partial charge in [-0.1, -0.05) is 30.3 Å². The number of carbonyl (C=O) groups is 3. The zero-order chi connectivity index (χ0) is 29.2. The molecule has 2 aliphatic heterocycles. The number of sulfone groups is 1. The molecule has 0 spiro atoms. The molecular weight excluding hydrogens is 540 g/mol. The number of rotatable bonds is 5. The van der Waals surface area contributed by atoms with Gasteiger partial charge >= 0.3 is 18.2 Å². The SMILES string of the molecule is CN1C(=O)N(C2CCN(C(=O)OCc3ccccc3)CC2NC(=O)OC(C)(C)C)Cc2cnc(S(C)(=O)=O)nc21. The van der Waals surface area contributed by atoms with Crippen molar-refractivity contribution in [2.45, 2.75) is 63.2 Å². The second-order valence-electron chi connectivity index (χ2n) is 10.8. The molecule has 1 N–H and O–H groups in total. The zero-order valence-corrected chi connectivity index (χ0v) is 24.0. The van der Waals surface area contributed by atoms with E-state index in [-0.39, 0.29) is 37.2 Å². The molecule has 0 aliphatic carbocycles. The van der Waals surface area contributed by atoms with Gasteiger partial charge in [-0.2, -0.15) is 0 Å². The predicted octanol–water partition coefficient (Wildman–Crippen LogP) is 2.56. The van der Waals surface area contributed by atoms with Gasteiger partial charge in [0.05, 0.1) is 18.6 Å². The van der Waals surface area contributed by atoms with Crippen molar-refractivity contribution in [1.82, 2.24) is 25.1 Å². The van der Waals surface area contributed by atoms with E-state index in [1.807, 2.05) is 30.3 Å². The quantitative estimate of drug-likeness (QED) is 0.531. The fourth-order valence-electron chi connectivity index (χ4n) is 4.65. The van der Waals surface area contributed by atoms with Gasteiger partial charge in [0.15, 0.2) is 0 Å². The standard InChI is InChI=1S/C26H34N6O7S/c1-26(2,3)39-23(33)28-19-15-31(25(35)38-16-17-9-7-6-8-10-17)12-11-20(19)32-14-18-13-27-22(40(5,36)37)29-21(18)30(4)24(32)34/h6-10,13,19-20H,11-12,14-16H2,1-5H3,(H,28,33). The molecule has 4 amide bonds. The van der Waals surface area contributed by atoms with Gasteiger partial charge in [-0.25, -0.2) is 32.8 Å². The number of nitrogens with zero attached hydrogens (tertiary/aromatic N) is 5. The van der Waals surface area contributed by atoms with E-state index in [1.54, 1.807) is 25.7 Å². The van der Waals surface area contributed by atoms with Crippen LogP contribution in [0.2, 0.25) is 0 Å². The molecule has 2 unspecified atom stereocenters. The number of fused-ring (bicyclic) bond motifs is 1.